The third-order valence-electron chi connectivity index (χ3n) is 3.90. The van der Waals surface area contributed by atoms with Crippen molar-refractivity contribution in [2.75, 3.05) is 20.8 Å². The SMILES string of the molecule is CNC(=O)C(Cc1ccc(OCCc2cccc(OC)c2)cc1)SC=O. The van der Waals surface area contributed by atoms with Gasteiger partial charge >= 0.3 is 0 Å². The molecule has 2 rings (SSSR count). The Balaban J connectivity index is 1.86. The Morgan fingerprint density at radius 1 is 1.15 bits per heavy atom. The first kappa shape index (κ1) is 19.8. The number of rotatable bonds is 10. The average molecular weight is 373 g/mol. The fraction of sp³-hybridized carbons (Fsp3) is 0.300. The third-order valence-corrected chi connectivity index (χ3v) is 4.72. The van der Waals surface area contributed by atoms with E-state index in [9.17, 15) is 9.59 Å². The van der Waals surface area contributed by atoms with Crippen molar-refractivity contribution in [2.24, 2.45) is 0 Å². The van der Waals surface area contributed by atoms with E-state index in [2.05, 4.69) is 5.32 Å². The second-order valence-electron chi connectivity index (χ2n) is 5.63. The summed E-state index contributed by atoms with van der Waals surface area (Å²) in [4.78, 5) is 22.5. The summed E-state index contributed by atoms with van der Waals surface area (Å²) in [5, 5.41) is 2.16. The Labute approximate surface area is 158 Å². The van der Waals surface area contributed by atoms with E-state index in [0.29, 0.717) is 18.6 Å². The van der Waals surface area contributed by atoms with Gasteiger partial charge < -0.3 is 14.8 Å². The highest BCUT2D eigenvalue weighted by atomic mass is 32.2. The number of carbonyl (C=O) groups is 2. The minimum atomic E-state index is -0.419. The molecule has 1 unspecified atom stereocenters. The number of methoxy groups -OCH3 is 1. The molecule has 0 saturated heterocycles. The molecule has 1 atom stereocenters. The van der Waals surface area contributed by atoms with Gasteiger partial charge in [-0.25, -0.2) is 0 Å². The van der Waals surface area contributed by atoms with Gasteiger partial charge in [0.1, 0.15) is 11.5 Å². The molecule has 0 heterocycles. The molecule has 2 aromatic rings. The average Bonchev–Trinajstić information content (AvgIpc) is 2.68. The van der Waals surface area contributed by atoms with E-state index in [1.165, 1.54) is 0 Å². The normalized spacial score (nSPS) is 11.5. The third kappa shape index (κ3) is 6.11. The summed E-state index contributed by atoms with van der Waals surface area (Å²) in [6.45, 7) is 0.564. The molecule has 0 spiro atoms. The van der Waals surface area contributed by atoms with E-state index in [1.807, 2.05) is 48.5 Å². The van der Waals surface area contributed by atoms with Gasteiger partial charge in [-0.05, 0) is 41.8 Å². The van der Waals surface area contributed by atoms with Crippen LogP contribution in [0, 0.1) is 0 Å². The number of hydrogen-bond donors (Lipinski definition) is 1. The second kappa shape index (κ2) is 10.5. The van der Waals surface area contributed by atoms with Gasteiger partial charge in [0.05, 0.1) is 19.0 Å². The van der Waals surface area contributed by atoms with Crippen LogP contribution >= 0.6 is 11.8 Å². The Morgan fingerprint density at radius 3 is 2.58 bits per heavy atom. The maximum atomic E-state index is 11.8. The Hall–Kier alpha value is -2.47. The predicted octanol–water partition coefficient (Wildman–Crippen LogP) is 2.90. The maximum Gasteiger partial charge on any atom is 0.233 e. The first-order valence-corrected chi connectivity index (χ1v) is 9.26. The van der Waals surface area contributed by atoms with Gasteiger partial charge in [-0.1, -0.05) is 36.0 Å². The van der Waals surface area contributed by atoms with Crippen molar-refractivity contribution < 1.29 is 19.1 Å². The molecule has 0 aliphatic carbocycles. The summed E-state index contributed by atoms with van der Waals surface area (Å²) in [5.41, 5.74) is 2.84. The molecule has 0 aliphatic heterocycles. The minimum absolute atomic E-state index is 0.152. The number of thioether (sulfide) groups is 1. The van der Waals surface area contributed by atoms with Crippen molar-refractivity contribution >= 4 is 23.3 Å². The topological polar surface area (TPSA) is 64.6 Å². The van der Waals surface area contributed by atoms with E-state index < -0.39 is 5.25 Å². The van der Waals surface area contributed by atoms with Gasteiger partial charge in [0.2, 0.25) is 5.91 Å². The van der Waals surface area contributed by atoms with Crippen molar-refractivity contribution in [3.05, 3.63) is 59.7 Å². The molecule has 2 aromatic carbocycles. The minimum Gasteiger partial charge on any atom is -0.497 e. The Kier molecular flexibility index (Phi) is 8.02. The lowest BCUT2D eigenvalue weighted by Crippen LogP contribution is -2.31. The first-order valence-electron chi connectivity index (χ1n) is 8.31. The highest BCUT2D eigenvalue weighted by molar-refractivity contribution is 8.13. The van der Waals surface area contributed by atoms with E-state index in [0.717, 1.165) is 40.8 Å². The summed E-state index contributed by atoms with van der Waals surface area (Å²) < 4.78 is 11.0. The van der Waals surface area contributed by atoms with Crippen LogP contribution in [0.3, 0.4) is 0 Å². The fourth-order valence-electron chi connectivity index (χ4n) is 2.48. The zero-order chi connectivity index (χ0) is 18.8. The van der Waals surface area contributed by atoms with Crippen LogP contribution in [0.1, 0.15) is 11.1 Å². The molecule has 1 N–H and O–H groups in total. The Morgan fingerprint density at radius 2 is 1.92 bits per heavy atom. The van der Waals surface area contributed by atoms with Gasteiger partial charge in [0.25, 0.3) is 0 Å². The molecule has 26 heavy (non-hydrogen) atoms. The van der Waals surface area contributed by atoms with Crippen molar-refractivity contribution in [1.29, 1.82) is 0 Å². The van der Waals surface area contributed by atoms with Crippen LogP contribution in [0.2, 0.25) is 0 Å². The van der Waals surface area contributed by atoms with Crippen molar-refractivity contribution in [2.45, 2.75) is 18.1 Å². The number of carbonyl (C=O) groups excluding carboxylic acids is 2. The first-order chi connectivity index (χ1) is 12.7. The van der Waals surface area contributed by atoms with Crippen LogP contribution in [0.15, 0.2) is 48.5 Å². The van der Waals surface area contributed by atoms with Gasteiger partial charge in [-0.3, -0.25) is 9.59 Å². The molecule has 0 bridgehead atoms. The molecule has 0 fully saturated rings. The van der Waals surface area contributed by atoms with Gasteiger partial charge in [0.15, 0.2) is 5.62 Å². The van der Waals surface area contributed by atoms with Crippen molar-refractivity contribution in [3.63, 3.8) is 0 Å². The van der Waals surface area contributed by atoms with Gasteiger partial charge in [-0.15, -0.1) is 0 Å². The molecular formula is C20H23NO4S. The number of amides is 1. The molecule has 1 amide bonds. The van der Waals surface area contributed by atoms with Crippen LogP contribution in [0.25, 0.3) is 0 Å². The molecule has 138 valence electrons. The van der Waals surface area contributed by atoms with Crippen molar-refractivity contribution in [1.82, 2.24) is 5.32 Å². The number of ether oxygens (including phenoxy) is 2. The zero-order valence-corrected chi connectivity index (χ0v) is 15.8. The molecule has 6 heteroatoms. The van der Waals surface area contributed by atoms with Crippen molar-refractivity contribution in [3.8, 4) is 11.5 Å². The lowest BCUT2D eigenvalue weighted by Gasteiger charge is -2.12. The summed E-state index contributed by atoms with van der Waals surface area (Å²) in [6.07, 6.45) is 1.28. The van der Waals surface area contributed by atoms with Gasteiger partial charge in [-0.2, -0.15) is 0 Å². The lowest BCUT2D eigenvalue weighted by atomic mass is 10.1. The van der Waals surface area contributed by atoms with Crippen LogP contribution in [-0.2, 0) is 22.4 Å². The van der Waals surface area contributed by atoms with Crippen LogP contribution in [0.5, 0.6) is 11.5 Å². The smallest absolute Gasteiger partial charge is 0.233 e. The summed E-state index contributed by atoms with van der Waals surface area (Å²) in [5.74, 6) is 1.46. The molecule has 5 nitrogen and oxygen atoms in total. The van der Waals surface area contributed by atoms with E-state index in [-0.39, 0.29) is 5.91 Å². The van der Waals surface area contributed by atoms with Crippen LogP contribution in [0.4, 0.5) is 0 Å². The molecule has 0 aromatic heterocycles. The number of benzene rings is 2. The summed E-state index contributed by atoms with van der Waals surface area (Å²) in [7, 11) is 3.22. The van der Waals surface area contributed by atoms with Gasteiger partial charge in [0, 0.05) is 13.5 Å². The molecule has 0 radical (unpaired) electrons. The fourth-order valence-corrected chi connectivity index (χ4v) is 3.15. The highest BCUT2D eigenvalue weighted by Crippen LogP contribution is 2.19. The molecule has 0 aliphatic rings. The number of nitrogens with one attached hydrogen (secondary N) is 1. The van der Waals surface area contributed by atoms with E-state index in [4.69, 9.17) is 9.47 Å². The number of hydrogen-bond acceptors (Lipinski definition) is 5. The predicted molar refractivity (Wildman–Crippen MR) is 105 cm³/mol. The summed E-state index contributed by atoms with van der Waals surface area (Å²) in [6, 6.07) is 15.5. The summed E-state index contributed by atoms with van der Waals surface area (Å²) >= 11 is 0.988. The lowest BCUT2D eigenvalue weighted by molar-refractivity contribution is -0.120. The molecule has 0 saturated carbocycles. The second-order valence-corrected chi connectivity index (χ2v) is 6.67. The standard InChI is InChI=1S/C20H23NO4S/c1-21-20(23)19(26-14-22)13-16-6-8-17(9-7-16)25-11-10-15-4-3-5-18(12-15)24-2/h3-9,12,14,19H,10-11,13H2,1-2H3,(H,21,23). The van der Waals surface area contributed by atoms with Crippen LogP contribution < -0.4 is 14.8 Å². The monoisotopic (exact) mass is 373 g/mol. The quantitative estimate of drug-likeness (QED) is 0.649. The highest BCUT2D eigenvalue weighted by Gasteiger charge is 2.18. The maximum absolute atomic E-state index is 11.8. The van der Waals surface area contributed by atoms with E-state index >= 15 is 0 Å². The van der Waals surface area contributed by atoms with E-state index in [1.54, 1.807) is 14.2 Å². The zero-order valence-electron chi connectivity index (χ0n) is 14.9. The Bertz CT molecular complexity index is 718. The van der Waals surface area contributed by atoms with Crippen LogP contribution in [-0.4, -0.2) is 37.5 Å². The largest absolute Gasteiger partial charge is 0.497 e. The molecular weight excluding hydrogens is 350 g/mol.